The molecule has 0 N–H and O–H groups in total. The molecule has 1 aliphatic rings. The first-order valence-corrected chi connectivity index (χ1v) is 8.84. The van der Waals surface area contributed by atoms with Crippen molar-refractivity contribution in [3.05, 3.63) is 71.8 Å². The highest BCUT2D eigenvalue weighted by Gasteiger charge is 2.23. The van der Waals surface area contributed by atoms with Gasteiger partial charge in [0.25, 0.3) is 0 Å². The Morgan fingerprint density at radius 2 is 1.57 bits per heavy atom. The zero-order valence-corrected chi connectivity index (χ0v) is 14.0. The third-order valence-corrected chi connectivity index (χ3v) is 4.82. The van der Waals surface area contributed by atoms with Gasteiger partial charge in [0.05, 0.1) is 6.61 Å². The number of likely N-dealkylation sites (tertiary alicyclic amines) is 1. The maximum Gasteiger partial charge on any atom is 0.108 e. The molecular formula is C21H27NO. The van der Waals surface area contributed by atoms with E-state index >= 15 is 0 Å². The molecule has 2 aromatic rings. The van der Waals surface area contributed by atoms with Gasteiger partial charge >= 0.3 is 0 Å². The summed E-state index contributed by atoms with van der Waals surface area (Å²) in [5, 5.41) is 0. The number of rotatable bonds is 6. The van der Waals surface area contributed by atoms with Gasteiger partial charge in [0.15, 0.2) is 0 Å². The van der Waals surface area contributed by atoms with E-state index in [0.29, 0.717) is 6.04 Å². The van der Waals surface area contributed by atoms with Crippen LogP contribution < -0.4 is 0 Å². The van der Waals surface area contributed by atoms with Crippen LogP contribution in [0.25, 0.3) is 0 Å². The highest BCUT2D eigenvalue weighted by atomic mass is 16.5. The van der Waals surface area contributed by atoms with E-state index in [2.05, 4.69) is 72.5 Å². The van der Waals surface area contributed by atoms with Gasteiger partial charge in [-0.25, -0.2) is 0 Å². The van der Waals surface area contributed by atoms with Gasteiger partial charge in [-0.3, -0.25) is 4.90 Å². The van der Waals surface area contributed by atoms with Crippen LogP contribution in [-0.2, 0) is 4.74 Å². The molecule has 0 aliphatic carbocycles. The largest absolute Gasteiger partial charge is 0.367 e. The Kier molecular flexibility index (Phi) is 5.84. The second kappa shape index (κ2) is 8.28. The third kappa shape index (κ3) is 4.21. The molecule has 1 saturated heterocycles. The summed E-state index contributed by atoms with van der Waals surface area (Å²) in [5.74, 6) is 0. The number of benzene rings is 2. The second-order valence-electron chi connectivity index (χ2n) is 6.31. The molecule has 1 aliphatic heterocycles. The highest BCUT2D eigenvalue weighted by Crippen LogP contribution is 2.27. The fourth-order valence-corrected chi connectivity index (χ4v) is 3.51. The molecule has 0 saturated carbocycles. The van der Waals surface area contributed by atoms with E-state index in [4.69, 9.17) is 4.74 Å². The summed E-state index contributed by atoms with van der Waals surface area (Å²) in [7, 11) is 0. The molecule has 2 nitrogen and oxygen atoms in total. The molecule has 0 amide bonds. The van der Waals surface area contributed by atoms with Crippen LogP contribution >= 0.6 is 0 Å². The number of ether oxygens (including phenoxy) is 1. The summed E-state index contributed by atoms with van der Waals surface area (Å²) >= 11 is 0. The van der Waals surface area contributed by atoms with E-state index in [1.54, 1.807) is 0 Å². The minimum absolute atomic E-state index is 0.0260. The van der Waals surface area contributed by atoms with E-state index in [1.807, 2.05) is 0 Å². The van der Waals surface area contributed by atoms with Crippen LogP contribution in [-0.4, -0.2) is 30.6 Å². The Morgan fingerprint density at radius 1 is 0.957 bits per heavy atom. The summed E-state index contributed by atoms with van der Waals surface area (Å²) in [6.07, 6.45) is 3.93. The van der Waals surface area contributed by atoms with Crippen LogP contribution in [0.1, 0.15) is 43.4 Å². The smallest absolute Gasteiger partial charge is 0.108 e. The predicted octanol–water partition coefficient (Wildman–Crippen LogP) is 4.67. The van der Waals surface area contributed by atoms with Crippen molar-refractivity contribution in [2.75, 3.05) is 19.7 Å². The zero-order chi connectivity index (χ0) is 15.9. The molecule has 2 heteroatoms. The average molecular weight is 309 g/mol. The van der Waals surface area contributed by atoms with Crippen molar-refractivity contribution >= 4 is 0 Å². The van der Waals surface area contributed by atoms with Crippen LogP contribution in [0.3, 0.4) is 0 Å². The van der Waals surface area contributed by atoms with E-state index in [0.717, 1.165) is 13.2 Å². The van der Waals surface area contributed by atoms with Gasteiger partial charge < -0.3 is 4.74 Å². The van der Waals surface area contributed by atoms with Gasteiger partial charge in [-0.2, -0.15) is 0 Å². The zero-order valence-electron chi connectivity index (χ0n) is 14.0. The molecule has 2 aromatic carbocycles. The molecule has 122 valence electrons. The fourth-order valence-electron chi connectivity index (χ4n) is 3.51. The SMILES string of the molecule is CCN1CCCCC1COC(c1ccccc1)c1ccccc1. The quantitative estimate of drug-likeness (QED) is 0.769. The molecule has 1 atom stereocenters. The first-order valence-electron chi connectivity index (χ1n) is 8.84. The first kappa shape index (κ1) is 16.2. The Hall–Kier alpha value is -1.64. The van der Waals surface area contributed by atoms with E-state index < -0.39 is 0 Å². The van der Waals surface area contributed by atoms with Gasteiger partial charge in [-0.05, 0) is 37.1 Å². The van der Waals surface area contributed by atoms with Gasteiger partial charge in [0.2, 0.25) is 0 Å². The summed E-state index contributed by atoms with van der Waals surface area (Å²) in [6.45, 7) is 5.40. The van der Waals surface area contributed by atoms with E-state index in [9.17, 15) is 0 Å². The van der Waals surface area contributed by atoms with Crippen LogP contribution in [0.4, 0.5) is 0 Å². The number of piperidine rings is 1. The second-order valence-corrected chi connectivity index (χ2v) is 6.31. The lowest BCUT2D eigenvalue weighted by molar-refractivity contribution is 0.0131. The third-order valence-electron chi connectivity index (χ3n) is 4.82. The fraction of sp³-hybridized carbons (Fsp3) is 0.429. The van der Waals surface area contributed by atoms with Crippen molar-refractivity contribution in [3.8, 4) is 0 Å². The average Bonchev–Trinajstić information content (AvgIpc) is 2.64. The molecule has 0 bridgehead atoms. The Morgan fingerprint density at radius 3 is 2.13 bits per heavy atom. The molecule has 0 aromatic heterocycles. The van der Waals surface area contributed by atoms with Crippen molar-refractivity contribution in [2.24, 2.45) is 0 Å². The van der Waals surface area contributed by atoms with Gasteiger partial charge in [-0.15, -0.1) is 0 Å². The molecule has 1 fully saturated rings. The van der Waals surface area contributed by atoms with Crippen LogP contribution in [0.5, 0.6) is 0 Å². The minimum atomic E-state index is 0.0260. The highest BCUT2D eigenvalue weighted by molar-refractivity contribution is 5.29. The number of hydrogen-bond acceptors (Lipinski definition) is 2. The lowest BCUT2D eigenvalue weighted by Gasteiger charge is -2.35. The number of hydrogen-bond donors (Lipinski definition) is 0. The summed E-state index contributed by atoms with van der Waals surface area (Å²) in [5.41, 5.74) is 2.47. The van der Waals surface area contributed by atoms with Gasteiger partial charge in [0.1, 0.15) is 6.10 Å². The molecule has 0 spiro atoms. The number of likely N-dealkylation sites (N-methyl/N-ethyl adjacent to an activating group) is 1. The van der Waals surface area contributed by atoms with Crippen LogP contribution in [0.15, 0.2) is 60.7 Å². The topological polar surface area (TPSA) is 12.5 Å². The number of nitrogens with zero attached hydrogens (tertiary/aromatic N) is 1. The lowest BCUT2D eigenvalue weighted by Crippen LogP contribution is -2.42. The van der Waals surface area contributed by atoms with E-state index in [-0.39, 0.29) is 6.10 Å². The maximum atomic E-state index is 6.44. The maximum absolute atomic E-state index is 6.44. The monoisotopic (exact) mass is 309 g/mol. The van der Waals surface area contributed by atoms with Gasteiger partial charge in [-0.1, -0.05) is 74.0 Å². The van der Waals surface area contributed by atoms with Crippen molar-refractivity contribution < 1.29 is 4.74 Å². The Balaban J connectivity index is 1.74. The van der Waals surface area contributed by atoms with Crippen molar-refractivity contribution in [3.63, 3.8) is 0 Å². The minimum Gasteiger partial charge on any atom is -0.367 e. The molecule has 1 heterocycles. The van der Waals surface area contributed by atoms with Crippen molar-refractivity contribution in [1.29, 1.82) is 0 Å². The molecular weight excluding hydrogens is 282 g/mol. The molecule has 23 heavy (non-hydrogen) atoms. The molecule has 0 radical (unpaired) electrons. The normalized spacial score (nSPS) is 19.1. The molecule has 3 rings (SSSR count). The van der Waals surface area contributed by atoms with Crippen LogP contribution in [0, 0.1) is 0 Å². The summed E-state index contributed by atoms with van der Waals surface area (Å²) in [4.78, 5) is 2.57. The van der Waals surface area contributed by atoms with Crippen molar-refractivity contribution in [1.82, 2.24) is 4.90 Å². The Bertz CT molecular complexity index is 529. The standard InChI is InChI=1S/C21H27NO/c1-2-22-16-10-9-15-20(22)17-23-21(18-11-5-3-6-12-18)19-13-7-4-8-14-19/h3-8,11-14,20-21H,2,9-10,15-17H2,1H3. The predicted molar refractivity (Wildman–Crippen MR) is 95.6 cm³/mol. The summed E-state index contributed by atoms with van der Waals surface area (Å²) < 4.78 is 6.44. The lowest BCUT2D eigenvalue weighted by atomic mass is 10.0. The molecule has 1 unspecified atom stereocenters. The summed E-state index contributed by atoms with van der Waals surface area (Å²) in [6, 6.07) is 21.7. The Labute approximate surface area is 140 Å². The first-order chi connectivity index (χ1) is 11.4. The van der Waals surface area contributed by atoms with E-state index in [1.165, 1.54) is 36.9 Å². The van der Waals surface area contributed by atoms with Gasteiger partial charge in [0, 0.05) is 6.04 Å². The van der Waals surface area contributed by atoms with Crippen LogP contribution in [0.2, 0.25) is 0 Å². The van der Waals surface area contributed by atoms with Crippen molar-refractivity contribution in [2.45, 2.75) is 38.3 Å².